The lowest BCUT2D eigenvalue weighted by Gasteiger charge is -2.18. The summed E-state index contributed by atoms with van der Waals surface area (Å²) in [4.78, 5) is 12.9. The summed E-state index contributed by atoms with van der Waals surface area (Å²) in [6.45, 7) is 0.448. The fraction of sp³-hybridized carbons (Fsp3) is 0.417. The number of benzene rings is 1. The predicted octanol–water partition coefficient (Wildman–Crippen LogP) is 2.84. The van der Waals surface area contributed by atoms with Crippen molar-refractivity contribution in [1.82, 2.24) is 0 Å². The number of methoxy groups -OCH3 is 1. The molecule has 0 aromatic heterocycles. The molecule has 1 aliphatic rings. The largest absolute Gasteiger partial charge is 0.497 e. The van der Waals surface area contributed by atoms with E-state index in [1.165, 1.54) is 18.1 Å². The second kappa shape index (κ2) is 4.51. The number of anilines is 1. The number of alkyl halides is 3. The first-order valence-corrected chi connectivity index (χ1v) is 5.48. The molecule has 1 aromatic rings. The summed E-state index contributed by atoms with van der Waals surface area (Å²) in [6, 6.07) is 3.34. The fourth-order valence-corrected chi connectivity index (χ4v) is 1.94. The predicted molar refractivity (Wildman–Crippen MR) is 59.6 cm³/mol. The van der Waals surface area contributed by atoms with Crippen molar-refractivity contribution in [2.45, 2.75) is 19.0 Å². The molecule has 6 heteroatoms. The molecule has 18 heavy (non-hydrogen) atoms. The van der Waals surface area contributed by atoms with E-state index in [2.05, 4.69) is 0 Å². The molecule has 0 atom stereocenters. The van der Waals surface area contributed by atoms with Crippen LogP contribution >= 0.6 is 0 Å². The van der Waals surface area contributed by atoms with E-state index in [0.29, 0.717) is 19.4 Å². The van der Waals surface area contributed by atoms with Crippen molar-refractivity contribution < 1.29 is 22.7 Å². The van der Waals surface area contributed by atoms with E-state index in [4.69, 9.17) is 4.74 Å². The molecule has 0 bridgehead atoms. The van der Waals surface area contributed by atoms with Gasteiger partial charge in [0.25, 0.3) is 0 Å². The summed E-state index contributed by atoms with van der Waals surface area (Å²) >= 11 is 0. The number of halogens is 3. The Labute approximate surface area is 102 Å². The summed E-state index contributed by atoms with van der Waals surface area (Å²) in [7, 11) is 1.30. The maximum Gasteiger partial charge on any atom is 0.416 e. The number of hydrogen-bond donors (Lipinski definition) is 0. The van der Waals surface area contributed by atoms with Crippen molar-refractivity contribution >= 4 is 11.6 Å². The van der Waals surface area contributed by atoms with Crippen LogP contribution < -0.4 is 9.64 Å². The average molecular weight is 259 g/mol. The minimum Gasteiger partial charge on any atom is -0.497 e. The van der Waals surface area contributed by atoms with Crippen LogP contribution in [0.4, 0.5) is 18.9 Å². The number of ether oxygens (including phenoxy) is 1. The summed E-state index contributed by atoms with van der Waals surface area (Å²) in [5.74, 6) is -0.0593. The summed E-state index contributed by atoms with van der Waals surface area (Å²) < 4.78 is 43.0. The maximum atomic E-state index is 12.7. The van der Waals surface area contributed by atoms with Crippen LogP contribution in [0.2, 0.25) is 0 Å². The van der Waals surface area contributed by atoms with Crippen LogP contribution in [0, 0.1) is 0 Å². The van der Waals surface area contributed by atoms with Gasteiger partial charge in [0, 0.05) is 24.7 Å². The van der Waals surface area contributed by atoms with Crippen molar-refractivity contribution in [2.24, 2.45) is 0 Å². The Hall–Kier alpha value is -1.72. The van der Waals surface area contributed by atoms with E-state index in [1.54, 1.807) is 0 Å². The molecule has 3 nitrogen and oxygen atoms in total. The topological polar surface area (TPSA) is 29.5 Å². The highest BCUT2D eigenvalue weighted by Crippen LogP contribution is 2.36. The Morgan fingerprint density at radius 2 is 2.00 bits per heavy atom. The number of hydrogen-bond acceptors (Lipinski definition) is 2. The fourth-order valence-electron chi connectivity index (χ4n) is 1.94. The third-order valence-corrected chi connectivity index (χ3v) is 2.84. The van der Waals surface area contributed by atoms with Gasteiger partial charge in [0.1, 0.15) is 5.75 Å². The van der Waals surface area contributed by atoms with Crippen LogP contribution in [0.25, 0.3) is 0 Å². The van der Waals surface area contributed by atoms with Gasteiger partial charge in [-0.2, -0.15) is 13.2 Å². The molecule has 0 saturated carbocycles. The monoisotopic (exact) mass is 259 g/mol. The molecule has 1 heterocycles. The Morgan fingerprint density at radius 1 is 1.28 bits per heavy atom. The van der Waals surface area contributed by atoms with Gasteiger partial charge in [0.05, 0.1) is 12.7 Å². The van der Waals surface area contributed by atoms with Crippen molar-refractivity contribution in [3.8, 4) is 5.75 Å². The molecule has 1 aliphatic heterocycles. The summed E-state index contributed by atoms with van der Waals surface area (Å²) in [6.07, 6.45) is -3.41. The van der Waals surface area contributed by atoms with Crippen molar-refractivity contribution in [2.75, 3.05) is 18.6 Å². The molecular formula is C12H12F3NO2. The van der Waals surface area contributed by atoms with Gasteiger partial charge in [0.2, 0.25) is 5.91 Å². The molecule has 1 amide bonds. The van der Waals surface area contributed by atoms with E-state index in [1.807, 2.05) is 0 Å². The Kier molecular flexibility index (Phi) is 3.19. The first-order chi connectivity index (χ1) is 8.41. The first-order valence-electron chi connectivity index (χ1n) is 5.48. The standard InChI is InChI=1S/C12H12F3NO2/c1-18-10-6-8(12(13,14)15)5-9(7-10)16-4-2-3-11(16)17/h5-7H,2-4H2,1H3. The molecule has 0 unspecified atom stereocenters. The van der Waals surface area contributed by atoms with Gasteiger partial charge in [-0.25, -0.2) is 0 Å². The van der Waals surface area contributed by atoms with Crippen LogP contribution in [-0.4, -0.2) is 19.6 Å². The number of carbonyl (C=O) groups is 1. The lowest BCUT2D eigenvalue weighted by atomic mass is 10.1. The molecule has 98 valence electrons. The van der Waals surface area contributed by atoms with Crippen molar-refractivity contribution in [3.05, 3.63) is 23.8 Å². The summed E-state index contributed by atoms with van der Waals surface area (Å²) in [5, 5.41) is 0. The SMILES string of the molecule is COc1cc(N2CCCC2=O)cc(C(F)(F)F)c1. The smallest absolute Gasteiger partial charge is 0.416 e. The number of carbonyl (C=O) groups excluding carboxylic acids is 1. The van der Waals surface area contributed by atoms with E-state index in [-0.39, 0.29) is 17.3 Å². The third kappa shape index (κ3) is 2.42. The lowest BCUT2D eigenvalue weighted by Crippen LogP contribution is -2.24. The Balaban J connectivity index is 2.44. The van der Waals surface area contributed by atoms with Gasteiger partial charge in [-0.3, -0.25) is 4.79 Å². The van der Waals surface area contributed by atoms with E-state index >= 15 is 0 Å². The summed E-state index contributed by atoms with van der Waals surface area (Å²) in [5.41, 5.74) is -0.569. The molecule has 0 spiro atoms. The second-order valence-corrected chi connectivity index (χ2v) is 4.07. The van der Waals surface area contributed by atoms with Gasteiger partial charge in [-0.1, -0.05) is 0 Å². The highest BCUT2D eigenvalue weighted by Gasteiger charge is 2.33. The Bertz CT molecular complexity index is 471. The minimum absolute atomic E-state index is 0.0968. The molecule has 0 aliphatic carbocycles. The van der Waals surface area contributed by atoms with Crippen molar-refractivity contribution in [1.29, 1.82) is 0 Å². The molecule has 0 radical (unpaired) electrons. The minimum atomic E-state index is -4.45. The lowest BCUT2D eigenvalue weighted by molar-refractivity contribution is -0.137. The zero-order valence-electron chi connectivity index (χ0n) is 9.75. The van der Waals surface area contributed by atoms with Gasteiger partial charge >= 0.3 is 6.18 Å². The quantitative estimate of drug-likeness (QED) is 0.817. The van der Waals surface area contributed by atoms with E-state index in [9.17, 15) is 18.0 Å². The zero-order valence-corrected chi connectivity index (χ0v) is 9.75. The molecule has 1 aromatic carbocycles. The number of rotatable bonds is 2. The number of nitrogens with zero attached hydrogens (tertiary/aromatic N) is 1. The van der Waals surface area contributed by atoms with Gasteiger partial charge in [-0.05, 0) is 18.6 Å². The highest BCUT2D eigenvalue weighted by molar-refractivity contribution is 5.95. The second-order valence-electron chi connectivity index (χ2n) is 4.07. The first kappa shape index (κ1) is 12.7. The van der Waals surface area contributed by atoms with Crippen LogP contribution in [0.3, 0.4) is 0 Å². The van der Waals surface area contributed by atoms with Crippen LogP contribution in [0.1, 0.15) is 18.4 Å². The number of amides is 1. The van der Waals surface area contributed by atoms with Gasteiger partial charge in [0.15, 0.2) is 0 Å². The van der Waals surface area contributed by atoms with Crippen molar-refractivity contribution in [3.63, 3.8) is 0 Å². The Morgan fingerprint density at radius 3 is 2.50 bits per heavy atom. The zero-order chi connectivity index (χ0) is 13.3. The van der Waals surface area contributed by atoms with E-state index in [0.717, 1.165) is 12.1 Å². The molecule has 2 rings (SSSR count). The van der Waals surface area contributed by atoms with E-state index < -0.39 is 11.7 Å². The highest BCUT2D eigenvalue weighted by atomic mass is 19.4. The molecule has 1 fully saturated rings. The molecular weight excluding hydrogens is 247 g/mol. The average Bonchev–Trinajstić information content (AvgIpc) is 2.73. The van der Waals surface area contributed by atoms with Crippen LogP contribution in [-0.2, 0) is 11.0 Å². The van der Waals surface area contributed by atoms with Gasteiger partial charge in [-0.15, -0.1) is 0 Å². The van der Waals surface area contributed by atoms with Crippen LogP contribution in [0.15, 0.2) is 18.2 Å². The van der Waals surface area contributed by atoms with Crippen LogP contribution in [0.5, 0.6) is 5.75 Å². The normalized spacial score (nSPS) is 16.2. The van der Waals surface area contributed by atoms with Gasteiger partial charge < -0.3 is 9.64 Å². The third-order valence-electron chi connectivity index (χ3n) is 2.84. The molecule has 0 N–H and O–H groups in total. The maximum absolute atomic E-state index is 12.7. The molecule has 1 saturated heterocycles.